The van der Waals surface area contributed by atoms with Crippen LogP contribution in [0.3, 0.4) is 0 Å². The summed E-state index contributed by atoms with van der Waals surface area (Å²) in [5.41, 5.74) is 3.42. The van der Waals surface area contributed by atoms with Gasteiger partial charge >= 0.3 is 0 Å². The van der Waals surface area contributed by atoms with Crippen LogP contribution in [0.4, 0.5) is 0 Å². The van der Waals surface area contributed by atoms with Crippen LogP contribution in [0.15, 0.2) is 36.5 Å². The van der Waals surface area contributed by atoms with Crippen LogP contribution in [0.5, 0.6) is 5.88 Å². The number of rotatable bonds is 6. The van der Waals surface area contributed by atoms with E-state index in [0.717, 1.165) is 35.7 Å². The molecule has 3 nitrogen and oxygen atoms in total. The summed E-state index contributed by atoms with van der Waals surface area (Å²) in [5.74, 6) is 0.616. The smallest absolute Gasteiger partial charge is 0.213 e. The summed E-state index contributed by atoms with van der Waals surface area (Å²) in [4.78, 5) is 4.14. The number of methoxy groups -OCH3 is 1. The molecule has 1 aromatic carbocycles. The molecule has 0 atom stereocenters. The van der Waals surface area contributed by atoms with E-state index in [9.17, 15) is 0 Å². The molecule has 0 amide bonds. The number of pyridine rings is 1. The number of nitrogens with zero attached hydrogens (tertiary/aromatic N) is 1. The van der Waals surface area contributed by atoms with E-state index < -0.39 is 0 Å². The molecule has 1 N–H and O–H groups in total. The highest BCUT2D eigenvalue weighted by Gasteiger charge is 2.07. The topological polar surface area (TPSA) is 34.2 Å². The van der Waals surface area contributed by atoms with E-state index in [1.54, 1.807) is 13.3 Å². The first-order chi connectivity index (χ1) is 9.74. The third kappa shape index (κ3) is 3.71. The Kier molecular flexibility index (Phi) is 5.39. The van der Waals surface area contributed by atoms with E-state index in [-0.39, 0.29) is 0 Å². The van der Waals surface area contributed by atoms with Crippen molar-refractivity contribution in [2.75, 3.05) is 13.7 Å². The molecule has 1 heterocycles. The lowest BCUT2D eigenvalue weighted by atomic mass is 10.0. The van der Waals surface area contributed by atoms with Gasteiger partial charge in [-0.05, 0) is 47.9 Å². The molecule has 2 aromatic rings. The SMILES string of the molecule is CCCNCc1cc(Cl)ccc1-c1ccnc(OC)c1. The van der Waals surface area contributed by atoms with E-state index in [1.165, 1.54) is 5.56 Å². The summed E-state index contributed by atoms with van der Waals surface area (Å²) in [5, 5.41) is 4.16. The van der Waals surface area contributed by atoms with Crippen LogP contribution < -0.4 is 10.1 Å². The molecule has 1 aromatic heterocycles. The highest BCUT2D eigenvalue weighted by Crippen LogP contribution is 2.28. The Morgan fingerprint density at radius 3 is 2.85 bits per heavy atom. The fraction of sp³-hybridized carbons (Fsp3) is 0.312. The summed E-state index contributed by atoms with van der Waals surface area (Å²) in [6.07, 6.45) is 2.87. The van der Waals surface area contributed by atoms with Crippen molar-refractivity contribution in [3.05, 3.63) is 47.1 Å². The lowest BCUT2D eigenvalue weighted by Crippen LogP contribution is -2.14. The molecule has 106 valence electrons. The molecule has 4 heteroatoms. The Morgan fingerprint density at radius 2 is 2.10 bits per heavy atom. The van der Waals surface area contributed by atoms with Gasteiger partial charge in [0.2, 0.25) is 5.88 Å². The van der Waals surface area contributed by atoms with E-state index in [1.807, 2.05) is 30.3 Å². The maximum Gasteiger partial charge on any atom is 0.213 e. The summed E-state index contributed by atoms with van der Waals surface area (Å²) >= 11 is 6.11. The molecule has 0 aliphatic carbocycles. The van der Waals surface area contributed by atoms with Crippen molar-refractivity contribution in [3.8, 4) is 17.0 Å². The van der Waals surface area contributed by atoms with Crippen molar-refractivity contribution in [1.82, 2.24) is 10.3 Å². The highest BCUT2D eigenvalue weighted by atomic mass is 35.5. The Labute approximate surface area is 124 Å². The average Bonchev–Trinajstić information content (AvgIpc) is 2.48. The van der Waals surface area contributed by atoms with E-state index in [2.05, 4.69) is 17.2 Å². The zero-order valence-electron chi connectivity index (χ0n) is 11.8. The van der Waals surface area contributed by atoms with Crippen molar-refractivity contribution in [3.63, 3.8) is 0 Å². The number of aromatic nitrogens is 1. The Balaban J connectivity index is 2.33. The third-order valence-corrected chi connectivity index (χ3v) is 3.30. The number of hydrogen-bond acceptors (Lipinski definition) is 3. The summed E-state index contributed by atoms with van der Waals surface area (Å²) < 4.78 is 5.19. The molecule has 0 spiro atoms. The molecule has 2 rings (SSSR count). The quantitative estimate of drug-likeness (QED) is 0.819. The second-order valence-electron chi connectivity index (χ2n) is 4.57. The molecule has 0 bridgehead atoms. The monoisotopic (exact) mass is 290 g/mol. The molecule has 0 saturated carbocycles. The maximum absolute atomic E-state index is 6.11. The molecule has 0 aliphatic heterocycles. The lowest BCUT2D eigenvalue weighted by molar-refractivity contribution is 0.398. The predicted molar refractivity (Wildman–Crippen MR) is 83.2 cm³/mol. The normalized spacial score (nSPS) is 10.6. The number of hydrogen-bond donors (Lipinski definition) is 1. The van der Waals surface area contributed by atoms with E-state index in [0.29, 0.717) is 5.88 Å². The van der Waals surface area contributed by atoms with Gasteiger partial charge in [-0.1, -0.05) is 24.6 Å². The first-order valence-electron chi connectivity index (χ1n) is 6.74. The molecule has 0 unspecified atom stereocenters. The van der Waals surface area contributed by atoms with Gasteiger partial charge in [-0.15, -0.1) is 0 Å². The van der Waals surface area contributed by atoms with E-state index >= 15 is 0 Å². The Hall–Kier alpha value is -1.58. The Morgan fingerprint density at radius 1 is 1.25 bits per heavy atom. The van der Waals surface area contributed by atoms with Gasteiger partial charge < -0.3 is 10.1 Å². The molecular formula is C16H19ClN2O. The summed E-state index contributed by atoms with van der Waals surface area (Å²) in [6.45, 7) is 3.94. The van der Waals surface area contributed by atoms with Crippen LogP contribution in [0, 0.1) is 0 Å². The van der Waals surface area contributed by atoms with Gasteiger partial charge in [0.25, 0.3) is 0 Å². The van der Waals surface area contributed by atoms with Crippen molar-refractivity contribution in [2.45, 2.75) is 19.9 Å². The predicted octanol–water partition coefficient (Wildman–Crippen LogP) is 3.91. The van der Waals surface area contributed by atoms with E-state index in [4.69, 9.17) is 16.3 Å². The molecule has 0 saturated heterocycles. The van der Waals surface area contributed by atoms with Gasteiger partial charge in [0.1, 0.15) is 0 Å². The third-order valence-electron chi connectivity index (χ3n) is 3.06. The average molecular weight is 291 g/mol. The zero-order chi connectivity index (χ0) is 14.4. The lowest BCUT2D eigenvalue weighted by Gasteiger charge is -2.12. The second-order valence-corrected chi connectivity index (χ2v) is 5.00. The molecule has 20 heavy (non-hydrogen) atoms. The largest absolute Gasteiger partial charge is 0.481 e. The van der Waals surface area contributed by atoms with Gasteiger partial charge in [0, 0.05) is 23.8 Å². The molecule has 0 fully saturated rings. The minimum Gasteiger partial charge on any atom is -0.481 e. The van der Waals surface area contributed by atoms with Gasteiger partial charge in [-0.2, -0.15) is 0 Å². The summed E-state index contributed by atoms with van der Waals surface area (Å²) in [7, 11) is 1.62. The standard InChI is InChI=1S/C16H19ClN2O/c1-3-7-18-11-13-9-14(17)4-5-15(13)12-6-8-19-16(10-12)20-2/h4-6,8-10,18H,3,7,11H2,1-2H3. The van der Waals surface area contributed by atoms with Gasteiger partial charge in [0.15, 0.2) is 0 Å². The summed E-state index contributed by atoms with van der Waals surface area (Å²) in [6, 6.07) is 9.88. The fourth-order valence-corrected chi connectivity index (χ4v) is 2.27. The number of halogens is 1. The number of ether oxygens (including phenoxy) is 1. The molecule has 0 aliphatic rings. The molecule has 0 radical (unpaired) electrons. The fourth-order valence-electron chi connectivity index (χ4n) is 2.08. The van der Waals surface area contributed by atoms with Crippen molar-refractivity contribution < 1.29 is 4.74 Å². The first kappa shape index (κ1) is 14.8. The van der Waals surface area contributed by atoms with Crippen LogP contribution in [0.1, 0.15) is 18.9 Å². The molecular weight excluding hydrogens is 272 g/mol. The number of benzene rings is 1. The van der Waals surface area contributed by atoms with Gasteiger partial charge in [0.05, 0.1) is 7.11 Å². The van der Waals surface area contributed by atoms with Crippen molar-refractivity contribution >= 4 is 11.6 Å². The Bertz CT molecular complexity index is 572. The van der Waals surface area contributed by atoms with Gasteiger partial charge in [-0.25, -0.2) is 4.98 Å². The van der Waals surface area contributed by atoms with Gasteiger partial charge in [-0.3, -0.25) is 0 Å². The van der Waals surface area contributed by atoms with Crippen LogP contribution in [-0.4, -0.2) is 18.6 Å². The second kappa shape index (κ2) is 7.27. The van der Waals surface area contributed by atoms with Crippen LogP contribution in [0.2, 0.25) is 5.02 Å². The van der Waals surface area contributed by atoms with Crippen molar-refractivity contribution in [2.24, 2.45) is 0 Å². The van der Waals surface area contributed by atoms with Crippen LogP contribution >= 0.6 is 11.6 Å². The highest BCUT2D eigenvalue weighted by molar-refractivity contribution is 6.30. The van der Waals surface area contributed by atoms with Crippen LogP contribution in [0.25, 0.3) is 11.1 Å². The number of nitrogens with one attached hydrogen (secondary N) is 1. The van der Waals surface area contributed by atoms with Crippen molar-refractivity contribution in [1.29, 1.82) is 0 Å². The zero-order valence-corrected chi connectivity index (χ0v) is 12.6. The first-order valence-corrected chi connectivity index (χ1v) is 7.12. The maximum atomic E-state index is 6.11. The minimum absolute atomic E-state index is 0.616. The van der Waals surface area contributed by atoms with Crippen LogP contribution in [-0.2, 0) is 6.54 Å². The minimum atomic E-state index is 0.616.